The van der Waals surface area contributed by atoms with Gasteiger partial charge < -0.3 is 10.8 Å². The lowest BCUT2D eigenvalue weighted by molar-refractivity contribution is 0.479. The van der Waals surface area contributed by atoms with E-state index in [0.717, 1.165) is 10.9 Å². The highest BCUT2D eigenvalue weighted by Crippen LogP contribution is 2.30. The van der Waals surface area contributed by atoms with Crippen LogP contribution in [0.5, 0.6) is 5.75 Å². The van der Waals surface area contributed by atoms with Crippen LogP contribution in [0.3, 0.4) is 0 Å². The zero-order chi connectivity index (χ0) is 11.1. The second-order valence-electron chi connectivity index (χ2n) is 4.25. The van der Waals surface area contributed by atoms with E-state index in [0.29, 0.717) is 5.52 Å². The number of nitrogens with two attached hydrogens (primary N) is 1. The highest BCUT2D eigenvalue weighted by atomic mass is 16.3. The lowest BCUT2D eigenvalue weighted by Gasteiger charge is -2.21. The quantitative estimate of drug-likeness (QED) is 0.744. The molecule has 0 fully saturated rings. The predicted octanol–water partition coefficient (Wildman–Crippen LogP) is 2.13. The van der Waals surface area contributed by atoms with Gasteiger partial charge in [0.2, 0.25) is 0 Å². The normalized spacial score (nSPS) is 11.9. The van der Waals surface area contributed by atoms with E-state index in [1.165, 1.54) is 0 Å². The second kappa shape index (κ2) is 3.21. The van der Waals surface area contributed by atoms with Crippen molar-refractivity contribution in [3.63, 3.8) is 0 Å². The van der Waals surface area contributed by atoms with Crippen LogP contribution < -0.4 is 5.73 Å². The first-order valence-electron chi connectivity index (χ1n) is 4.86. The van der Waals surface area contributed by atoms with Crippen molar-refractivity contribution in [1.82, 2.24) is 4.98 Å². The molecule has 0 amide bonds. The van der Waals surface area contributed by atoms with Crippen LogP contribution in [0.4, 0.5) is 0 Å². The van der Waals surface area contributed by atoms with Gasteiger partial charge >= 0.3 is 0 Å². The minimum Gasteiger partial charge on any atom is -0.506 e. The van der Waals surface area contributed by atoms with Crippen molar-refractivity contribution in [2.24, 2.45) is 5.73 Å². The van der Waals surface area contributed by atoms with Crippen LogP contribution in [0.1, 0.15) is 19.4 Å². The molecule has 0 aliphatic rings. The third-order valence-electron chi connectivity index (χ3n) is 2.44. The molecule has 3 nitrogen and oxygen atoms in total. The van der Waals surface area contributed by atoms with E-state index >= 15 is 0 Å². The summed E-state index contributed by atoms with van der Waals surface area (Å²) in [7, 11) is 0. The van der Waals surface area contributed by atoms with Gasteiger partial charge in [0.25, 0.3) is 0 Å². The summed E-state index contributed by atoms with van der Waals surface area (Å²) >= 11 is 0. The van der Waals surface area contributed by atoms with E-state index in [1.807, 2.05) is 32.0 Å². The van der Waals surface area contributed by atoms with E-state index in [2.05, 4.69) is 4.98 Å². The van der Waals surface area contributed by atoms with Gasteiger partial charge in [0.1, 0.15) is 11.3 Å². The maximum absolute atomic E-state index is 9.66. The molecule has 0 aliphatic carbocycles. The lowest BCUT2D eigenvalue weighted by Crippen LogP contribution is -2.28. The highest BCUT2D eigenvalue weighted by molar-refractivity contribution is 5.87. The standard InChI is InChI=1S/C12H14N2O/c1-12(2,13)9-5-6-10(15)11-8(9)4-3-7-14-11/h3-7,15H,13H2,1-2H3. The van der Waals surface area contributed by atoms with Gasteiger partial charge in [-0.25, -0.2) is 0 Å². The number of hydrogen-bond donors (Lipinski definition) is 2. The molecule has 1 aromatic carbocycles. The number of fused-ring (bicyclic) bond motifs is 1. The van der Waals surface area contributed by atoms with Gasteiger partial charge in [0.15, 0.2) is 0 Å². The molecule has 2 rings (SSSR count). The van der Waals surface area contributed by atoms with Crippen LogP contribution in [0.2, 0.25) is 0 Å². The molecule has 15 heavy (non-hydrogen) atoms. The molecule has 1 aromatic heterocycles. The fourth-order valence-corrected chi connectivity index (χ4v) is 1.72. The van der Waals surface area contributed by atoms with Crippen molar-refractivity contribution < 1.29 is 5.11 Å². The van der Waals surface area contributed by atoms with Crippen molar-refractivity contribution in [3.05, 3.63) is 36.0 Å². The zero-order valence-corrected chi connectivity index (χ0v) is 8.86. The zero-order valence-electron chi connectivity index (χ0n) is 8.86. The van der Waals surface area contributed by atoms with Gasteiger partial charge in [0, 0.05) is 17.1 Å². The SMILES string of the molecule is CC(C)(N)c1ccc(O)c2ncccc12. The van der Waals surface area contributed by atoms with Crippen molar-refractivity contribution in [2.45, 2.75) is 19.4 Å². The average Bonchev–Trinajstić information content (AvgIpc) is 2.17. The molecule has 3 heteroatoms. The largest absolute Gasteiger partial charge is 0.506 e. The summed E-state index contributed by atoms with van der Waals surface area (Å²) in [6, 6.07) is 7.25. The van der Waals surface area contributed by atoms with E-state index in [1.54, 1.807) is 12.3 Å². The third-order valence-corrected chi connectivity index (χ3v) is 2.44. The monoisotopic (exact) mass is 202 g/mol. The van der Waals surface area contributed by atoms with E-state index in [-0.39, 0.29) is 5.75 Å². The molecule has 3 N–H and O–H groups in total. The molecule has 0 bridgehead atoms. The molecular formula is C12H14N2O. The number of phenols is 1. The van der Waals surface area contributed by atoms with Crippen LogP contribution in [-0.2, 0) is 5.54 Å². The lowest BCUT2D eigenvalue weighted by atomic mass is 9.92. The Hall–Kier alpha value is -1.61. The van der Waals surface area contributed by atoms with E-state index < -0.39 is 5.54 Å². The van der Waals surface area contributed by atoms with Crippen molar-refractivity contribution >= 4 is 10.9 Å². The van der Waals surface area contributed by atoms with E-state index in [4.69, 9.17) is 5.73 Å². The maximum Gasteiger partial charge on any atom is 0.141 e. The molecule has 0 saturated carbocycles. The number of hydrogen-bond acceptors (Lipinski definition) is 3. The summed E-state index contributed by atoms with van der Waals surface area (Å²) < 4.78 is 0. The number of benzene rings is 1. The van der Waals surface area contributed by atoms with Crippen LogP contribution >= 0.6 is 0 Å². The molecule has 0 unspecified atom stereocenters. The van der Waals surface area contributed by atoms with Crippen LogP contribution in [0.25, 0.3) is 10.9 Å². The Morgan fingerprint density at radius 3 is 2.67 bits per heavy atom. The topological polar surface area (TPSA) is 59.1 Å². The fourth-order valence-electron chi connectivity index (χ4n) is 1.72. The minimum atomic E-state index is -0.436. The first-order valence-corrected chi connectivity index (χ1v) is 4.86. The molecule has 2 aromatic rings. The Bertz CT molecular complexity index is 500. The molecule has 0 radical (unpaired) electrons. The van der Waals surface area contributed by atoms with Gasteiger partial charge in [-0.3, -0.25) is 4.98 Å². The van der Waals surface area contributed by atoms with Crippen LogP contribution in [-0.4, -0.2) is 10.1 Å². The van der Waals surface area contributed by atoms with Crippen molar-refractivity contribution in [2.75, 3.05) is 0 Å². The Balaban J connectivity index is 2.84. The molecule has 0 aliphatic heterocycles. The smallest absolute Gasteiger partial charge is 0.141 e. The molecular weight excluding hydrogens is 188 g/mol. The fraction of sp³-hybridized carbons (Fsp3) is 0.250. The summed E-state index contributed by atoms with van der Waals surface area (Å²) in [5.41, 5.74) is 7.22. The predicted molar refractivity (Wildman–Crippen MR) is 60.6 cm³/mol. The molecule has 0 spiro atoms. The van der Waals surface area contributed by atoms with E-state index in [9.17, 15) is 5.11 Å². The summed E-state index contributed by atoms with van der Waals surface area (Å²) in [5, 5.41) is 10.6. The Morgan fingerprint density at radius 2 is 2.00 bits per heavy atom. The molecule has 1 heterocycles. The van der Waals surface area contributed by atoms with Crippen LogP contribution in [0, 0.1) is 0 Å². The highest BCUT2D eigenvalue weighted by Gasteiger charge is 2.18. The Kier molecular flexibility index (Phi) is 2.12. The Labute approximate surface area is 88.6 Å². The number of nitrogens with zero attached hydrogens (tertiary/aromatic N) is 1. The van der Waals surface area contributed by atoms with Gasteiger partial charge in [-0.1, -0.05) is 12.1 Å². The number of phenolic OH excluding ortho intramolecular Hbond substituents is 1. The number of rotatable bonds is 1. The second-order valence-corrected chi connectivity index (χ2v) is 4.25. The summed E-state index contributed by atoms with van der Waals surface area (Å²) in [4.78, 5) is 4.15. The van der Waals surface area contributed by atoms with Gasteiger partial charge in [-0.05, 0) is 31.5 Å². The molecule has 0 atom stereocenters. The van der Waals surface area contributed by atoms with Gasteiger partial charge in [0.05, 0.1) is 0 Å². The van der Waals surface area contributed by atoms with Crippen molar-refractivity contribution in [1.29, 1.82) is 0 Å². The molecule has 0 saturated heterocycles. The number of aromatic hydroxyl groups is 1. The first kappa shape index (κ1) is 9.93. The Morgan fingerprint density at radius 1 is 1.27 bits per heavy atom. The van der Waals surface area contributed by atoms with Crippen molar-refractivity contribution in [3.8, 4) is 5.75 Å². The average molecular weight is 202 g/mol. The third kappa shape index (κ3) is 1.66. The number of aromatic nitrogens is 1. The first-order chi connectivity index (χ1) is 7.00. The minimum absolute atomic E-state index is 0.193. The summed E-state index contributed by atoms with van der Waals surface area (Å²) in [6.45, 7) is 3.87. The van der Waals surface area contributed by atoms with Crippen LogP contribution in [0.15, 0.2) is 30.5 Å². The number of pyridine rings is 1. The summed E-state index contributed by atoms with van der Waals surface area (Å²) in [5.74, 6) is 0.193. The van der Waals surface area contributed by atoms with Gasteiger partial charge in [-0.2, -0.15) is 0 Å². The molecule has 78 valence electrons. The maximum atomic E-state index is 9.66. The summed E-state index contributed by atoms with van der Waals surface area (Å²) in [6.07, 6.45) is 1.66. The van der Waals surface area contributed by atoms with Gasteiger partial charge in [-0.15, -0.1) is 0 Å².